The van der Waals surface area contributed by atoms with Crippen LogP contribution in [0, 0.1) is 6.92 Å². The number of hydrogen-bond donors (Lipinski definition) is 1. The minimum Gasteiger partial charge on any atom is -0.348 e. The number of piperidine rings is 1. The Bertz CT molecular complexity index is 1050. The number of aryl methyl sites for hydroxylation is 1. The highest BCUT2D eigenvalue weighted by Gasteiger charge is 2.19. The molecule has 156 valence electrons. The molecule has 0 aliphatic carbocycles. The van der Waals surface area contributed by atoms with Gasteiger partial charge in [-0.25, -0.2) is 4.98 Å². The van der Waals surface area contributed by atoms with Crippen LogP contribution in [0.1, 0.15) is 58.3 Å². The first-order valence-electron chi connectivity index (χ1n) is 10.3. The van der Waals surface area contributed by atoms with Crippen LogP contribution in [0.25, 0.3) is 0 Å². The molecule has 1 saturated heterocycles. The molecule has 30 heavy (non-hydrogen) atoms. The van der Waals surface area contributed by atoms with Crippen molar-refractivity contribution in [2.45, 2.75) is 39.7 Å². The van der Waals surface area contributed by atoms with Gasteiger partial charge in [0, 0.05) is 35.9 Å². The number of nitrogens with one attached hydrogen (secondary N) is 1. The Labute approximate surface area is 180 Å². The number of ketones is 1. The lowest BCUT2D eigenvalue weighted by atomic mass is 10.1. The fraction of sp³-hybridized carbons (Fsp3) is 0.348. The smallest absolute Gasteiger partial charge is 0.272 e. The van der Waals surface area contributed by atoms with Crippen molar-refractivity contribution in [1.29, 1.82) is 0 Å². The van der Waals surface area contributed by atoms with Crippen LogP contribution in [0.5, 0.6) is 0 Å². The van der Waals surface area contributed by atoms with Gasteiger partial charge in [-0.3, -0.25) is 9.59 Å². The van der Waals surface area contributed by atoms with Gasteiger partial charge in [-0.05, 0) is 51.3 Å². The Kier molecular flexibility index (Phi) is 5.99. The summed E-state index contributed by atoms with van der Waals surface area (Å²) < 4.78 is 1.81. The van der Waals surface area contributed by atoms with Gasteiger partial charge in [0.05, 0.1) is 12.2 Å². The molecule has 0 saturated carbocycles. The number of hydrogen-bond acceptors (Lipinski definition) is 5. The molecule has 0 bridgehead atoms. The standard InChI is InChI=1S/C23H26N4O2S/c1-16-6-8-19(9-7-16)24-22(29)21-12-18(17(2)28)13-27(21)14-20-15-30-23(25-20)26-10-4-3-5-11-26/h6-9,12-13,15H,3-5,10-11,14H2,1-2H3,(H,24,29). The van der Waals surface area contributed by atoms with E-state index in [1.165, 1.54) is 26.2 Å². The topological polar surface area (TPSA) is 67.2 Å². The molecule has 1 aliphatic rings. The van der Waals surface area contributed by atoms with Gasteiger partial charge < -0.3 is 14.8 Å². The van der Waals surface area contributed by atoms with Crippen molar-refractivity contribution in [2.75, 3.05) is 23.3 Å². The monoisotopic (exact) mass is 422 g/mol. The number of anilines is 2. The summed E-state index contributed by atoms with van der Waals surface area (Å²) in [4.78, 5) is 32.0. The van der Waals surface area contributed by atoms with E-state index in [0.29, 0.717) is 17.8 Å². The summed E-state index contributed by atoms with van der Waals surface area (Å²) >= 11 is 1.64. The van der Waals surface area contributed by atoms with E-state index < -0.39 is 0 Å². The summed E-state index contributed by atoms with van der Waals surface area (Å²) in [5.74, 6) is -0.303. The van der Waals surface area contributed by atoms with Crippen molar-refractivity contribution >= 4 is 33.8 Å². The molecule has 1 aliphatic heterocycles. The third-order valence-corrected chi connectivity index (χ3v) is 6.29. The number of thiazole rings is 1. The highest BCUT2D eigenvalue weighted by molar-refractivity contribution is 7.13. The lowest BCUT2D eigenvalue weighted by Crippen LogP contribution is -2.29. The number of Topliss-reactive ketones (excluding diaryl/α,β-unsaturated/α-hetero) is 1. The summed E-state index contributed by atoms with van der Waals surface area (Å²) in [6, 6.07) is 9.30. The number of rotatable bonds is 6. The van der Waals surface area contributed by atoms with E-state index >= 15 is 0 Å². The van der Waals surface area contributed by atoms with Crippen molar-refractivity contribution in [3.05, 3.63) is 64.4 Å². The van der Waals surface area contributed by atoms with Crippen LogP contribution >= 0.6 is 11.3 Å². The minimum atomic E-state index is -0.238. The maximum Gasteiger partial charge on any atom is 0.272 e. The third kappa shape index (κ3) is 4.62. The zero-order valence-corrected chi connectivity index (χ0v) is 18.2. The molecule has 4 rings (SSSR count). The van der Waals surface area contributed by atoms with E-state index in [2.05, 4.69) is 10.2 Å². The molecule has 1 aromatic carbocycles. The number of amides is 1. The summed E-state index contributed by atoms with van der Waals surface area (Å²) in [5, 5.41) is 6.00. The lowest BCUT2D eigenvalue weighted by Gasteiger charge is -2.25. The van der Waals surface area contributed by atoms with Gasteiger partial charge in [-0.1, -0.05) is 17.7 Å². The molecule has 1 amide bonds. The van der Waals surface area contributed by atoms with E-state index in [9.17, 15) is 9.59 Å². The molecule has 1 fully saturated rings. The predicted molar refractivity (Wildman–Crippen MR) is 121 cm³/mol. The second-order valence-corrected chi connectivity index (χ2v) is 8.62. The first kappa shape index (κ1) is 20.3. The second kappa shape index (κ2) is 8.83. The lowest BCUT2D eigenvalue weighted by molar-refractivity contribution is 0.101. The molecule has 0 unspecified atom stereocenters. The molecule has 6 nitrogen and oxygen atoms in total. The summed E-state index contributed by atoms with van der Waals surface area (Å²) in [6.07, 6.45) is 5.44. The van der Waals surface area contributed by atoms with Crippen molar-refractivity contribution in [2.24, 2.45) is 0 Å². The maximum atomic E-state index is 12.9. The fourth-order valence-electron chi connectivity index (χ4n) is 3.63. The Morgan fingerprint density at radius 1 is 1.13 bits per heavy atom. The van der Waals surface area contributed by atoms with E-state index in [1.807, 2.05) is 41.1 Å². The maximum absolute atomic E-state index is 12.9. The number of aromatic nitrogens is 2. The number of carbonyl (C=O) groups is 2. The molecule has 0 radical (unpaired) electrons. The van der Waals surface area contributed by atoms with E-state index in [4.69, 9.17) is 4.98 Å². The molecular formula is C23H26N4O2S. The Morgan fingerprint density at radius 2 is 1.87 bits per heavy atom. The quantitative estimate of drug-likeness (QED) is 0.582. The fourth-order valence-corrected chi connectivity index (χ4v) is 4.50. The van der Waals surface area contributed by atoms with Gasteiger partial charge >= 0.3 is 0 Å². The van der Waals surface area contributed by atoms with Crippen LogP contribution in [-0.4, -0.2) is 34.3 Å². The largest absolute Gasteiger partial charge is 0.348 e. The SMILES string of the molecule is CC(=O)c1cc(C(=O)Nc2ccc(C)cc2)n(Cc2csc(N3CCCCC3)n2)c1. The van der Waals surface area contributed by atoms with Gasteiger partial charge in [0.1, 0.15) is 5.69 Å². The zero-order valence-electron chi connectivity index (χ0n) is 17.4. The third-order valence-electron chi connectivity index (χ3n) is 5.34. The van der Waals surface area contributed by atoms with Gasteiger partial charge in [-0.15, -0.1) is 11.3 Å². The van der Waals surface area contributed by atoms with Gasteiger partial charge in [0.2, 0.25) is 0 Å². The van der Waals surface area contributed by atoms with Crippen LogP contribution in [0.3, 0.4) is 0 Å². The molecular weight excluding hydrogens is 396 g/mol. The average Bonchev–Trinajstić information content (AvgIpc) is 3.38. The first-order valence-corrected chi connectivity index (χ1v) is 11.2. The van der Waals surface area contributed by atoms with E-state index in [0.717, 1.165) is 35.2 Å². The van der Waals surface area contributed by atoms with Crippen molar-refractivity contribution in [3.8, 4) is 0 Å². The molecule has 1 N–H and O–H groups in total. The van der Waals surface area contributed by atoms with Crippen molar-refractivity contribution < 1.29 is 9.59 Å². The highest BCUT2D eigenvalue weighted by Crippen LogP contribution is 2.25. The molecule has 3 heterocycles. The van der Waals surface area contributed by atoms with E-state index in [1.54, 1.807) is 23.6 Å². The number of benzene rings is 1. The van der Waals surface area contributed by atoms with Crippen LogP contribution in [0.15, 0.2) is 41.9 Å². The average molecular weight is 423 g/mol. The Morgan fingerprint density at radius 3 is 2.57 bits per heavy atom. The van der Waals surface area contributed by atoms with E-state index in [-0.39, 0.29) is 11.7 Å². The van der Waals surface area contributed by atoms with Crippen LogP contribution < -0.4 is 10.2 Å². The molecule has 0 atom stereocenters. The summed E-state index contributed by atoms with van der Waals surface area (Å²) in [7, 11) is 0. The van der Waals surface area contributed by atoms with Gasteiger partial charge in [-0.2, -0.15) is 0 Å². The Hall–Kier alpha value is -2.93. The van der Waals surface area contributed by atoms with Crippen LogP contribution in [0.2, 0.25) is 0 Å². The normalized spacial score (nSPS) is 14.0. The summed E-state index contributed by atoms with van der Waals surface area (Å²) in [6.45, 7) is 6.07. The van der Waals surface area contributed by atoms with Crippen LogP contribution in [0.4, 0.5) is 10.8 Å². The van der Waals surface area contributed by atoms with Gasteiger partial charge in [0.25, 0.3) is 5.91 Å². The molecule has 0 spiro atoms. The van der Waals surface area contributed by atoms with Gasteiger partial charge in [0.15, 0.2) is 10.9 Å². The first-order chi connectivity index (χ1) is 14.5. The Balaban J connectivity index is 1.55. The molecule has 7 heteroatoms. The zero-order chi connectivity index (χ0) is 21.1. The highest BCUT2D eigenvalue weighted by atomic mass is 32.1. The number of nitrogens with zero attached hydrogens (tertiary/aromatic N) is 3. The summed E-state index contributed by atoms with van der Waals surface area (Å²) in [5.41, 5.74) is 3.73. The minimum absolute atomic E-state index is 0.0644. The number of carbonyl (C=O) groups excluding carboxylic acids is 2. The predicted octanol–water partition coefficient (Wildman–Crippen LogP) is 4.75. The van der Waals surface area contributed by atoms with Crippen molar-refractivity contribution in [1.82, 2.24) is 9.55 Å². The molecule has 3 aromatic rings. The second-order valence-electron chi connectivity index (χ2n) is 7.79. The van der Waals surface area contributed by atoms with Crippen molar-refractivity contribution in [3.63, 3.8) is 0 Å². The van der Waals surface area contributed by atoms with Crippen LogP contribution in [-0.2, 0) is 6.54 Å². The molecule has 2 aromatic heterocycles.